The quantitative estimate of drug-likeness (QED) is 0.589. The summed E-state index contributed by atoms with van der Waals surface area (Å²) in [6.07, 6.45) is 6.86. The average Bonchev–Trinajstić information content (AvgIpc) is 2.55. The van der Waals surface area contributed by atoms with Crippen LogP contribution in [0.25, 0.3) is 0 Å². The van der Waals surface area contributed by atoms with Crippen molar-refractivity contribution in [2.45, 2.75) is 44.8 Å². The third kappa shape index (κ3) is 6.89. The molecule has 1 aromatic rings. The van der Waals surface area contributed by atoms with E-state index in [1.807, 2.05) is 6.07 Å². The maximum atomic E-state index is 12.3. The minimum Gasteiger partial charge on any atom is -0.481 e. The lowest BCUT2D eigenvalue weighted by molar-refractivity contribution is 0.189. The summed E-state index contributed by atoms with van der Waals surface area (Å²) < 4.78 is 17.3. The van der Waals surface area contributed by atoms with E-state index in [4.69, 9.17) is 4.74 Å². The van der Waals surface area contributed by atoms with Gasteiger partial charge < -0.3 is 20.1 Å². The Balaban J connectivity index is 1.69. The molecule has 136 valence electrons. The number of pyridine rings is 1. The predicted octanol–water partition coefficient (Wildman–Crippen LogP) is 2.39. The molecule has 0 aliphatic heterocycles. The number of nitrogens with one attached hydrogen (secondary N) is 1. The Labute approximate surface area is 144 Å². The standard InChI is InChI=1S/C17H29N2O4P/c1-23-17-8-7-15(10-19-17)9-18-11-16(20)13-24(21,22)12-14-5-3-2-4-6-14/h7-8,10,14,16,18,20H,2-6,9,11-13H2,1H3,(H,21,22)/t16-/m0/s1. The van der Waals surface area contributed by atoms with E-state index in [0.717, 1.165) is 31.2 Å². The van der Waals surface area contributed by atoms with Gasteiger partial charge in [-0.05, 0) is 24.3 Å². The Bertz CT molecular complexity index is 532. The normalized spacial score (nSPS) is 19.6. The fraction of sp³-hybridized carbons (Fsp3) is 0.706. The summed E-state index contributed by atoms with van der Waals surface area (Å²) in [6.45, 7) is 0.841. The zero-order valence-electron chi connectivity index (χ0n) is 14.4. The molecule has 1 fully saturated rings. The van der Waals surface area contributed by atoms with E-state index < -0.39 is 13.5 Å². The van der Waals surface area contributed by atoms with Gasteiger partial charge in [0, 0.05) is 31.5 Å². The highest BCUT2D eigenvalue weighted by Gasteiger charge is 2.27. The van der Waals surface area contributed by atoms with Crippen molar-refractivity contribution in [2.24, 2.45) is 5.92 Å². The Morgan fingerprint density at radius 1 is 1.38 bits per heavy atom. The Morgan fingerprint density at radius 2 is 2.12 bits per heavy atom. The van der Waals surface area contributed by atoms with Gasteiger partial charge in [0.2, 0.25) is 13.2 Å². The van der Waals surface area contributed by atoms with Crippen LogP contribution in [0.2, 0.25) is 0 Å². The molecule has 0 radical (unpaired) electrons. The van der Waals surface area contributed by atoms with Gasteiger partial charge in [-0.25, -0.2) is 4.98 Å². The molecule has 1 heterocycles. The maximum absolute atomic E-state index is 12.3. The second-order valence-corrected chi connectivity index (χ2v) is 9.13. The minimum atomic E-state index is -3.26. The Morgan fingerprint density at radius 3 is 2.75 bits per heavy atom. The van der Waals surface area contributed by atoms with Crippen LogP contribution < -0.4 is 10.1 Å². The highest BCUT2D eigenvalue weighted by Crippen LogP contribution is 2.45. The smallest absolute Gasteiger partial charge is 0.212 e. The van der Waals surface area contributed by atoms with Gasteiger partial charge in [-0.2, -0.15) is 0 Å². The molecule has 3 N–H and O–H groups in total. The van der Waals surface area contributed by atoms with Gasteiger partial charge in [-0.1, -0.05) is 25.3 Å². The van der Waals surface area contributed by atoms with E-state index in [-0.39, 0.29) is 6.16 Å². The molecule has 1 aliphatic rings. The molecular weight excluding hydrogens is 327 g/mol. The van der Waals surface area contributed by atoms with Crippen LogP contribution in [0.4, 0.5) is 0 Å². The number of rotatable bonds is 9. The van der Waals surface area contributed by atoms with Gasteiger partial charge >= 0.3 is 0 Å². The van der Waals surface area contributed by atoms with Crippen LogP contribution in [-0.4, -0.2) is 47.1 Å². The molecule has 1 unspecified atom stereocenters. The summed E-state index contributed by atoms with van der Waals surface area (Å²) in [7, 11) is -1.69. The number of aliphatic hydroxyl groups excluding tert-OH is 1. The third-order valence-electron chi connectivity index (χ3n) is 4.48. The summed E-state index contributed by atoms with van der Waals surface area (Å²) in [4.78, 5) is 14.3. The molecule has 1 saturated carbocycles. The minimum absolute atomic E-state index is 0.0304. The van der Waals surface area contributed by atoms with Crippen LogP contribution in [0, 0.1) is 5.92 Å². The highest BCUT2D eigenvalue weighted by atomic mass is 31.2. The number of hydrogen-bond donors (Lipinski definition) is 3. The van der Waals surface area contributed by atoms with Gasteiger partial charge in [0.15, 0.2) is 0 Å². The highest BCUT2D eigenvalue weighted by molar-refractivity contribution is 7.58. The molecule has 1 aromatic heterocycles. The summed E-state index contributed by atoms with van der Waals surface area (Å²) >= 11 is 0. The summed E-state index contributed by atoms with van der Waals surface area (Å²) in [5.41, 5.74) is 0.970. The largest absolute Gasteiger partial charge is 0.481 e. The van der Waals surface area contributed by atoms with E-state index in [1.165, 1.54) is 6.42 Å². The maximum Gasteiger partial charge on any atom is 0.212 e. The van der Waals surface area contributed by atoms with Gasteiger partial charge in [0.25, 0.3) is 0 Å². The van der Waals surface area contributed by atoms with E-state index in [1.54, 1.807) is 19.4 Å². The van der Waals surface area contributed by atoms with Crippen molar-refractivity contribution < 1.29 is 19.3 Å². The molecular formula is C17H29N2O4P. The molecule has 0 spiro atoms. The van der Waals surface area contributed by atoms with Gasteiger partial charge in [0.05, 0.1) is 19.4 Å². The summed E-state index contributed by atoms with van der Waals surface area (Å²) in [5, 5.41) is 13.1. The zero-order valence-corrected chi connectivity index (χ0v) is 15.3. The van der Waals surface area contributed by atoms with Crippen LogP contribution in [-0.2, 0) is 11.1 Å². The van der Waals surface area contributed by atoms with Crippen molar-refractivity contribution in [2.75, 3.05) is 26.0 Å². The van der Waals surface area contributed by atoms with Crippen LogP contribution in [0.15, 0.2) is 18.3 Å². The lowest BCUT2D eigenvalue weighted by atomic mass is 9.91. The fourth-order valence-electron chi connectivity index (χ4n) is 3.26. The number of aliphatic hydroxyl groups is 1. The third-order valence-corrected chi connectivity index (χ3v) is 6.56. The molecule has 2 atom stereocenters. The number of ether oxygens (including phenoxy) is 1. The topological polar surface area (TPSA) is 91.7 Å². The number of methoxy groups -OCH3 is 1. The van der Waals surface area contributed by atoms with Crippen LogP contribution >= 0.6 is 7.37 Å². The second-order valence-electron chi connectivity index (χ2n) is 6.71. The molecule has 0 amide bonds. The van der Waals surface area contributed by atoms with Crippen molar-refractivity contribution in [3.05, 3.63) is 23.9 Å². The molecule has 0 bridgehead atoms. The Hall–Kier alpha value is -0.940. The fourth-order valence-corrected chi connectivity index (χ4v) is 5.37. The van der Waals surface area contributed by atoms with E-state index in [2.05, 4.69) is 10.3 Å². The lowest BCUT2D eigenvalue weighted by Gasteiger charge is -2.25. The SMILES string of the molecule is COc1ccc(CNC[C@H](O)CP(=O)(O)CC2CCCCC2)cn1. The van der Waals surface area contributed by atoms with E-state index in [0.29, 0.717) is 31.0 Å². The van der Waals surface area contributed by atoms with Gasteiger partial charge in [-0.3, -0.25) is 4.57 Å². The first-order valence-corrected chi connectivity index (χ1v) is 10.7. The van der Waals surface area contributed by atoms with Crippen molar-refractivity contribution in [3.8, 4) is 5.88 Å². The first kappa shape index (κ1) is 19.4. The van der Waals surface area contributed by atoms with Crippen LogP contribution in [0.1, 0.15) is 37.7 Å². The number of hydrogen-bond acceptors (Lipinski definition) is 5. The van der Waals surface area contributed by atoms with Gasteiger partial charge in [-0.15, -0.1) is 0 Å². The van der Waals surface area contributed by atoms with Crippen LogP contribution in [0.5, 0.6) is 5.88 Å². The summed E-state index contributed by atoms with van der Waals surface area (Å²) in [6, 6.07) is 3.67. The second kappa shape index (κ2) is 9.52. The molecule has 0 saturated heterocycles. The van der Waals surface area contributed by atoms with Crippen molar-refractivity contribution >= 4 is 7.37 Å². The number of nitrogens with zero attached hydrogens (tertiary/aromatic N) is 1. The number of aromatic nitrogens is 1. The summed E-state index contributed by atoms with van der Waals surface area (Å²) in [5.74, 6) is 0.905. The van der Waals surface area contributed by atoms with Crippen molar-refractivity contribution in [1.82, 2.24) is 10.3 Å². The molecule has 24 heavy (non-hydrogen) atoms. The molecule has 2 rings (SSSR count). The van der Waals surface area contributed by atoms with E-state index >= 15 is 0 Å². The monoisotopic (exact) mass is 356 g/mol. The molecule has 7 heteroatoms. The van der Waals surface area contributed by atoms with Gasteiger partial charge in [0.1, 0.15) is 0 Å². The first-order chi connectivity index (χ1) is 11.5. The van der Waals surface area contributed by atoms with Crippen molar-refractivity contribution in [1.29, 1.82) is 0 Å². The average molecular weight is 356 g/mol. The van der Waals surface area contributed by atoms with E-state index in [9.17, 15) is 14.6 Å². The first-order valence-electron chi connectivity index (χ1n) is 8.67. The molecule has 0 aromatic carbocycles. The van der Waals surface area contributed by atoms with Crippen molar-refractivity contribution in [3.63, 3.8) is 0 Å². The molecule has 6 nitrogen and oxygen atoms in total. The lowest BCUT2D eigenvalue weighted by Crippen LogP contribution is -2.30. The molecule has 1 aliphatic carbocycles. The Kier molecular flexibility index (Phi) is 7.69. The van der Waals surface area contributed by atoms with Crippen LogP contribution in [0.3, 0.4) is 0 Å². The zero-order chi connectivity index (χ0) is 17.4. The predicted molar refractivity (Wildman–Crippen MR) is 94.6 cm³/mol.